The summed E-state index contributed by atoms with van der Waals surface area (Å²) in [5.74, 6) is -0.167. The highest BCUT2D eigenvalue weighted by Crippen LogP contribution is 2.31. The topological polar surface area (TPSA) is 12.0 Å². The first-order valence-corrected chi connectivity index (χ1v) is 7.85. The normalized spacial score (nSPS) is 14.5. The first kappa shape index (κ1) is 13.9. The van der Waals surface area contributed by atoms with Gasteiger partial charge in [0.25, 0.3) is 0 Å². The van der Waals surface area contributed by atoms with Gasteiger partial charge in [-0.3, -0.25) is 0 Å². The molecule has 0 heterocycles. The van der Waals surface area contributed by atoms with Gasteiger partial charge in [0.15, 0.2) is 0 Å². The lowest BCUT2D eigenvalue weighted by Crippen LogP contribution is -2.15. The van der Waals surface area contributed by atoms with Crippen molar-refractivity contribution in [2.75, 3.05) is 0 Å². The Morgan fingerprint density at radius 1 is 1.15 bits per heavy atom. The molecule has 1 N–H and O–H groups in total. The Labute approximate surface area is 127 Å². The van der Waals surface area contributed by atoms with Crippen molar-refractivity contribution in [1.29, 1.82) is 0 Å². The van der Waals surface area contributed by atoms with E-state index in [9.17, 15) is 4.39 Å². The molecular formula is C16H15ClFNS. The van der Waals surface area contributed by atoms with Crippen LogP contribution in [0.15, 0.2) is 52.3 Å². The first-order chi connectivity index (χ1) is 9.70. The molecule has 4 heteroatoms. The van der Waals surface area contributed by atoms with Crippen molar-refractivity contribution in [3.63, 3.8) is 0 Å². The minimum absolute atomic E-state index is 0.167. The van der Waals surface area contributed by atoms with E-state index in [0.717, 1.165) is 17.0 Å². The second-order valence-electron chi connectivity index (χ2n) is 4.98. The van der Waals surface area contributed by atoms with E-state index in [4.69, 9.17) is 11.6 Å². The summed E-state index contributed by atoms with van der Waals surface area (Å²) in [6, 6.07) is 13.5. The summed E-state index contributed by atoms with van der Waals surface area (Å²) in [6.07, 6.45) is 2.49. The molecule has 3 rings (SSSR count). The maximum Gasteiger partial charge on any atom is 0.137 e. The third-order valence-corrected chi connectivity index (χ3v) is 4.52. The fourth-order valence-corrected chi connectivity index (χ4v) is 2.86. The maximum absolute atomic E-state index is 14.1. The smallest absolute Gasteiger partial charge is 0.137 e. The minimum atomic E-state index is -0.167. The fraction of sp³-hybridized carbons (Fsp3) is 0.250. The first-order valence-electron chi connectivity index (χ1n) is 6.66. The van der Waals surface area contributed by atoms with Gasteiger partial charge in [0.1, 0.15) is 5.82 Å². The van der Waals surface area contributed by atoms with Crippen molar-refractivity contribution in [3.05, 3.63) is 58.9 Å². The van der Waals surface area contributed by atoms with Crippen LogP contribution in [0.4, 0.5) is 4.39 Å². The van der Waals surface area contributed by atoms with Crippen LogP contribution in [0.2, 0.25) is 5.02 Å². The largest absolute Gasteiger partial charge is 0.310 e. The number of hydrogen-bond donors (Lipinski definition) is 1. The quantitative estimate of drug-likeness (QED) is 0.844. The van der Waals surface area contributed by atoms with Gasteiger partial charge in [-0.15, -0.1) is 0 Å². The third-order valence-electron chi connectivity index (χ3n) is 3.21. The highest BCUT2D eigenvalue weighted by Gasteiger charge is 2.20. The summed E-state index contributed by atoms with van der Waals surface area (Å²) >= 11 is 7.26. The molecule has 1 fully saturated rings. The van der Waals surface area contributed by atoms with E-state index in [-0.39, 0.29) is 5.82 Å². The lowest BCUT2D eigenvalue weighted by Gasteiger charge is -2.07. The lowest BCUT2D eigenvalue weighted by molar-refractivity contribution is 0.595. The molecule has 2 aromatic rings. The average molecular weight is 308 g/mol. The summed E-state index contributed by atoms with van der Waals surface area (Å²) in [5.41, 5.74) is 0.995. The van der Waals surface area contributed by atoms with Crippen molar-refractivity contribution in [3.8, 4) is 0 Å². The second-order valence-corrected chi connectivity index (χ2v) is 6.53. The Morgan fingerprint density at radius 3 is 2.55 bits per heavy atom. The molecular weight excluding hydrogens is 293 g/mol. The molecule has 20 heavy (non-hydrogen) atoms. The summed E-state index contributed by atoms with van der Waals surface area (Å²) < 4.78 is 14.1. The van der Waals surface area contributed by atoms with Crippen molar-refractivity contribution in [1.82, 2.24) is 5.32 Å². The Hall–Kier alpha value is -1.03. The van der Waals surface area contributed by atoms with E-state index < -0.39 is 0 Å². The van der Waals surface area contributed by atoms with Crippen molar-refractivity contribution >= 4 is 23.4 Å². The number of nitrogens with one attached hydrogen (secondary N) is 1. The molecule has 0 unspecified atom stereocenters. The van der Waals surface area contributed by atoms with Gasteiger partial charge < -0.3 is 5.32 Å². The monoisotopic (exact) mass is 307 g/mol. The SMILES string of the molecule is Fc1cc(CNC2CC2)ccc1Sc1ccc(Cl)cc1. The van der Waals surface area contributed by atoms with Crippen LogP contribution in [-0.4, -0.2) is 6.04 Å². The summed E-state index contributed by atoms with van der Waals surface area (Å²) in [6.45, 7) is 0.744. The van der Waals surface area contributed by atoms with Crippen LogP contribution < -0.4 is 5.32 Å². The number of hydrogen-bond acceptors (Lipinski definition) is 2. The van der Waals surface area contributed by atoms with Crippen LogP contribution in [0.5, 0.6) is 0 Å². The standard InChI is InChI=1S/C16H15ClFNS/c17-12-2-6-14(7-3-12)20-16-8-1-11(9-15(16)18)10-19-13-4-5-13/h1-3,6-9,13,19H,4-5,10H2. The zero-order chi connectivity index (χ0) is 13.9. The molecule has 104 valence electrons. The van der Waals surface area contributed by atoms with Gasteiger partial charge in [-0.2, -0.15) is 0 Å². The Morgan fingerprint density at radius 2 is 1.90 bits per heavy atom. The van der Waals surface area contributed by atoms with Gasteiger partial charge in [-0.1, -0.05) is 29.4 Å². The molecule has 0 atom stereocenters. The van der Waals surface area contributed by atoms with Crippen molar-refractivity contribution in [2.45, 2.75) is 35.2 Å². The predicted molar refractivity (Wildman–Crippen MR) is 81.8 cm³/mol. The molecule has 0 spiro atoms. The number of halogens is 2. The van der Waals surface area contributed by atoms with Crippen LogP contribution >= 0.6 is 23.4 Å². The van der Waals surface area contributed by atoms with Gasteiger partial charge in [-0.05, 0) is 54.8 Å². The van der Waals surface area contributed by atoms with E-state index >= 15 is 0 Å². The Bertz CT molecular complexity index is 596. The zero-order valence-corrected chi connectivity index (χ0v) is 12.5. The summed E-state index contributed by atoms with van der Waals surface area (Å²) in [4.78, 5) is 1.62. The molecule has 0 aliphatic heterocycles. The highest BCUT2D eigenvalue weighted by molar-refractivity contribution is 7.99. The molecule has 0 amide bonds. The predicted octanol–water partition coefficient (Wildman–Crippen LogP) is 4.88. The van der Waals surface area contributed by atoms with Gasteiger partial charge in [-0.25, -0.2) is 4.39 Å². The van der Waals surface area contributed by atoms with E-state index in [2.05, 4.69) is 5.32 Å². The maximum atomic E-state index is 14.1. The second kappa shape index (κ2) is 6.17. The fourth-order valence-electron chi connectivity index (χ4n) is 1.92. The van der Waals surface area contributed by atoms with E-state index in [1.807, 2.05) is 36.4 Å². The van der Waals surface area contributed by atoms with Gasteiger partial charge in [0, 0.05) is 27.4 Å². The molecule has 0 aromatic heterocycles. The van der Waals surface area contributed by atoms with E-state index in [1.54, 1.807) is 6.07 Å². The highest BCUT2D eigenvalue weighted by atomic mass is 35.5. The van der Waals surface area contributed by atoms with E-state index in [0.29, 0.717) is 16.0 Å². The average Bonchev–Trinajstić information content (AvgIpc) is 3.26. The molecule has 1 aliphatic rings. The molecule has 0 bridgehead atoms. The van der Waals surface area contributed by atoms with Crippen LogP contribution in [0.3, 0.4) is 0 Å². The van der Waals surface area contributed by atoms with E-state index in [1.165, 1.54) is 24.6 Å². The van der Waals surface area contributed by atoms with Gasteiger partial charge in [0.05, 0.1) is 0 Å². The zero-order valence-electron chi connectivity index (χ0n) is 10.9. The van der Waals surface area contributed by atoms with Crippen LogP contribution in [0.1, 0.15) is 18.4 Å². The molecule has 1 nitrogen and oxygen atoms in total. The van der Waals surface area contributed by atoms with Crippen LogP contribution in [0, 0.1) is 5.82 Å². The lowest BCUT2D eigenvalue weighted by atomic mass is 10.2. The van der Waals surface area contributed by atoms with Crippen LogP contribution in [-0.2, 0) is 6.54 Å². The third kappa shape index (κ3) is 3.75. The number of benzene rings is 2. The molecule has 2 aromatic carbocycles. The van der Waals surface area contributed by atoms with Gasteiger partial charge in [0.2, 0.25) is 0 Å². The molecule has 1 saturated carbocycles. The van der Waals surface area contributed by atoms with Crippen molar-refractivity contribution < 1.29 is 4.39 Å². The van der Waals surface area contributed by atoms with Crippen molar-refractivity contribution in [2.24, 2.45) is 0 Å². The van der Waals surface area contributed by atoms with Crippen LogP contribution in [0.25, 0.3) is 0 Å². The summed E-state index contributed by atoms with van der Waals surface area (Å²) in [5, 5.41) is 4.08. The number of rotatable bonds is 5. The molecule has 1 aliphatic carbocycles. The van der Waals surface area contributed by atoms with Gasteiger partial charge >= 0.3 is 0 Å². The Balaban J connectivity index is 1.68. The Kier molecular flexibility index (Phi) is 4.29. The minimum Gasteiger partial charge on any atom is -0.310 e. The molecule has 0 saturated heterocycles. The molecule has 0 radical (unpaired) electrons. The summed E-state index contributed by atoms with van der Waals surface area (Å²) in [7, 11) is 0.